The van der Waals surface area contributed by atoms with E-state index in [2.05, 4.69) is 15.2 Å². The Morgan fingerprint density at radius 1 is 1.32 bits per heavy atom. The second kappa shape index (κ2) is 7.03. The maximum absolute atomic E-state index is 12.5. The summed E-state index contributed by atoms with van der Waals surface area (Å²) in [6, 6.07) is 7.27. The van der Waals surface area contributed by atoms with Crippen molar-refractivity contribution >= 4 is 45.9 Å². The number of fused-ring (bicyclic) bond motifs is 3. The number of hydrogen-bond donors (Lipinski definition) is 1. The van der Waals surface area contributed by atoms with Crippen LogP contribution in [-0.2, 0) is 16.1 Å². The normalized spacial score (nSPS) is 17.8. The molecule has 1 aromatic carbocycles. The number of nitrogens with one attached hydrogen (secondary N) is 1. The summed E-state index contributed by atoms with van der Waals surface area (Å²) in [5, 5.41) is 9.80. The van der Waals surface area contributed by atoms with Crippen molar-refractivity contribution in [1.29, 1.82) is 0 Å². The standard InChI is InChI=1S/C20H17N3O3S2/c24-18-17-2-1-6-23(17)16-4-3-12(8-15(16)22-18)20(25)26-9-14-11-28-19(21-14)13-5-7-27-10-13/h3-5,7-8,10-11,17H,1-2,6,9H2,(H,22,24)/t17-/m0/s1. The summed E-state index contributed by atoms with van der Waals surface area (Å²) in [6.45, 7) is 0.988. The van der Waals surface area contributed by atoms with Crippen LogP contribution in [-0.4, -0.2) is 29.4 Å². The number of thiazole rings is 1. The zero-order valence-electron chi connectivity index (χ0n) is 14.9. The molecule has 0 bridgehead atoms. The van der Waals surface area contributed by atoms with E-state index in [9.17, 15) is 9.59 Å². The Kier molecular flexibility index (Phi) is 4.37. The number of hydrogen-bond acceptors (Lipinski definition) is 7. The Hall–Kier alpha value is -2.71. The first-order valence-corrected chi connectivity index (χ1v) is 10.9. The largest absolute Gasteiger partial charge is 0.456 e. The molecule has 1 amide bonds. The van der Waals surface area contributed by atoms with E-state index in [0.29, 0.717) is 11.3 Å². The van der Waals surface area contributed by atoms with Gasteiger partial charge in [-0.05, 0) is 42.5 Å². The number of esters is 1. The monoisotopic (exact) mass is 411 g/mol. The highest BCUT2D eigenvalue weighted by Gasteiger charge is 2.36. The minimum atomic E-state index is -0.425. The molecule has 2 aromatic heterocycles. The number of anilines is 2. The highest BCUT2D eigenvalue weighted by Crippen LogP contribution is 2.37. The van der Waals surface area contributed by atoms with E-state index in [1.807, 2.05) is 28.3 Å². The van der Waals surface area contributed by atoms with Gasteiger partial charge in [-0.1, -0.05) is 0 Å². The number of aromatic nitrogens is 1. The van der Waals surface area contributed by atoms with Gasteiger partial charge in [0.05, 0.1) is 22.6 Å². The molecule has 5 rings (SSSR count). The zero-order chi connectivity index (χ0) is 19.1. The van der Waals surface area contributed by atoms with Crippen LogP contribution in [0, 0.1) is 0 Å². The molecule has 0 saturated carbocycles. The van der Waals surface area contributed by atoms with Crippen LogP contribution < -0.4 is 10.2 Å². The van der Waals surface area contributed by atoms with Crippen LogP contribution in [0.2, 0.25) is 0 Å². The Labute approximate surface area is 169 Å². The van der Waals surface area contributed by atoms with Gasteiger partial charge in [0.25, 0.3) is 0 Å². The van der Waals surface area contributed by atoms with E-state index in [-0.39, 0.29) is 18.6 Å². The van der Waals surface area contributed by atoms with Crippen molar-refractivity contribution in [2.24, 2.45) is 0 Å². The van der Waals surface area contributed by atoms with E-state index in [4.69, 9.17) is 4.74 Å². The molecule has 0 radical (unpaired) electrons. The number of nitrogens with zero attached hydrogens (tertiary/aromatic N) is 2. The third-order valence-electron chi connectivity index (χ3n) is 5.03. The van der Waals surface area contributed by atoms with Crippen molar-refractivity contribution in [2.75, 3.05) is 16.8 Å². The molecule has 0 aliphatic carbocycles. The second-order valence-electron chi connectivity index (χ2n) is 6.80. The molecule has 28 heavy (non-hydrogen) atoms. The van der Waals surface area contributed by atoms with Crippen LogP contribution in [0.25, 0.3) is 10.6 Å². The third-order valence-corrected chi connectivity index (χ3v) is 6.65. The second-order valence-corrected chi connectivity index (χ2v) is 8.44. The van der Waals surface area contributed by atoms with Crippen molar-refractivity contribution in [3.8, 4) is 10.6 Å². The van der Waals surface area contributed by atoms with Crippen LogP contribution in [0.5, 0.6) is 0 Å². The van der Waals surface area contributed by atoms with Gasteiger partial charge in [0, 0.05) is 22.9 Å². The fourth-order valence-electron chi connectivity index (χ4n) is 3.67. The fraction of sp³-hybridized carbons (Fsp3) is 0.250. The van der Waals surface area contributed by atoms with Gasteiger partial charge in [-0.3, -0.25) is 4.79 Å². The third kappa shape index (κ3) is 3.08. The summed E-state index contributed by atoms with van der Waals surface area (Å²) in [5.41, 5.74) is 3.87. The Morgan fingerprint density at radius 2 is 2.25 bits per heavy atom. The quantitative estimate of drug-likeness (QED) is 0.653. The molecule has 6 nitrogen and oxygen atoms in total. The van der Waals surface area contributed by atoms with Gasteiger partial charge in [0.1, 0.15) is 17.7 Å². The molecule has 1 atom stereocenters. The minimum absolute atomic E-state index is 0.000972. The summed E-state index contributed by atoms with van der Waals surface area (Å²) in [6.07, 6.45) is 1.87. The lowest BCUT2D eigenvalue weighted by Crippen LogP contribution is -2.43. The summed E-state index contributed by atoms with van der Waals surface area (Å²) < 4.78 is 5.43. The Balaban J connectivity index is 1.29. The number of amides is 1. The number of benzene rings is 1. The van der Waals surface area contributed by atoms with Crippen molar-refractivity contribution in [3.05, 3.63) is 51.7 Å². The predicted octanol–water partition coefficient (Wildman–Crippen LogP) is 4.15. The Bertz CT molecular complexity index is 1040. The maximum Gasteiger partial charge on any atom is 0.338 e. The molecular weight excluding hydrogens is 394 g/mol. The predicted molar refractivity (Wildman–Crippen MR) is 110 cm³/mol. The molecule has 1 fully saturated rings. The molecule has 2 aliphatic heterocycles. The van der Waals surface area contributed by atoms with Crippen molar-refractivity contribution < 1.29 is 14.3 Å². The fourth-order valence-corrected chi connectivity index (χ4v) is 5.19. The molecule has 142 valence electrons. The smallest absolute Gasteiger partial charge is 0.338 e. The van der Waals surface area contributed by atoms with Crippen LogP contribution in [0.4, 0.5) is 11.4 Å². The van der Waals surface area contributed by atoms with Gasteiger partial charge < -0.3 is 15.0 Å². The summed E-state index contributed by atoms with van der Waals surface area (Å²) in [4.78, 5) is 31.4. The van der Waals surface area contributed by atoms with E-state index >= 15 is 0 Å². The lowest BCUT2D eigenvalue weighted by molar-refractivity contribution is -0.117. The van der Waals surface area contributed by atoms with Crippen LogP contribution in [0.1, 0.15) is 28.9 Å². The molecule has 2 aliphatic rings. The average Bonchev–Trinajstić information content (AvgIpc) is 3.47. The van der Waals surface area contributed by atoms with E-state index in [0.717, 1.165) is 41.3 Å². The molecule has 3 aromatic rings. The average molecular weight is 412 g/mol. The number of carbonyl (C=O) groups is 2. The zero-order valence-corrected chi connectivity index (χ0v) is 16.5. The lowest BCUT2D eigenvalue weighted by Gasteiger charge is -2.33. The molecular formula is C20H17N3O3S2. The van der Waals surface area contributed by atoms with E-state index < -0.39 is 5.97 Å². The van der Waals surface area contributed by atoms with Crippen LogP contribution in [0.15, 0.2) is 40.4 Å². The number of rotatable bonds is 4. The van der Waals surface area contributed by atoms with E-state index in [1.54, 1.807) is 23.5 Å². The maximum atomic E-state index is 12.5. The molecule has 1 N–H and O–H groups in total. The first kappa shape index (κ1) is 17.4. The Morgan fingerprint density at radius 3 is 3.11 bits per heavy atom. The molecule has 4 heterocycles. The van der Waals surface area contributed by atoms with Gasteiger partial charge in [-0.15, -0.1) is 11.3 Å². The lowest BCUT2D eigenvalue weighted by atomic mass is 10.1. The first-order valence-electron chi connectivity index (χ1n) is 9.05. The molecule has 1 saturated heterocycles. The van der Waals surface area contributed by atoms with Gasteiger partial charge in [0.15, 0.2) is 0 Å². The molecule has 8 heteroatoms. The minimum Gasteiger partial charge on any atom is -0.456 e. The van der Waals surface area contributed by atoms with Crippen molar-refractivity contribution in [3.63, 3.8) is 0 Å². The van der Waals surface area contributed by atoms with E-state index in [1.165, 1.54) is 11.3 Å². The number of thiophene rings is 1. The highest BCUT2D eigenvalue weighted by atomic mass is 32.1. The molecule has 0 unspecified atom stereocenters. The van der Waals surface area contributed by atoms with Gasteiger partial charge >= 0.3 is 5.97 Å². The van der Waals surface area contributed by atoms with Gasteiger partial charge in [0.2, 0.25) is 5.91 Å². The SMILES string of the molecule is O=C(OCc1csc(-c2ccsc2)n1)c1ccc2c(c1)NC(=O)[C@@H]1CCCN21. The van der Waals surface area contributed by atoms with Crippen molar-refractivity contribution in [1.82, 2.24) is 4.98 Å². The van der Waals surface area contributed by atoms with Crippen LogP contribution >= 0.6 is 22.7 Å². The number of carbonyl (C=O) groups excluding carboxylic acids is 2. The topological polar surface area (TPSA) is 71.5 Å². The van der Waals surface area contributed by atoms with Gasteiger partial charge in [-0.2, -0.15) is 11.3 Å². The van der Waals surface area contributed by atoms with Gasteiger partial charge in [-0.25, -0.2) is 9.78 Å². The first-order chi connectivity index (χ1) is 13.7. The number of ether oxygens (including phenoxy) is 1. The van der Waals surface area contributed by atoms with Crippen LogP contribution in [0.3, 0.4) is 0 Å². The van der Waals surface area contributed by atoms with Crippen molar-refractivity contribution in [2.45, 2.75) is 25.5 Å². The summed E-state index contributed by atoms with van der Waals surface area (Å²) in [7, 11) is 0. The summed E-state index contributed by atoms with van der Waals surface area (Å²) in [5.74, 6) is -0.426. The molecule has 0 spiro atoms. The summed E-state index contributed by atoms with van der Waals surface area (Å²) >= 11 is 3.16. The highest BCUT2D eigenvalue weighted by molar-refractivity contribution is 7.14.